The number of hydrogen-bond acceptors (Lipinski definition) is 4. The zero-order chi connectivity index (χ0) is 24.4. The van der Waals surface area contributed by atoms with Crippen molar-refractivity contribution < 1.29 is 19.1 Å². The molecule has 0 aromatic heterocycles. The van der Waals surface area contributed by atoms with E-state index in [1.807, 2.05) is 0 Å². The molecule has 198 valence electrons. The summed E-state index contributed by atoms with van der Waals surface area (Å²) in [5.74, 6) is 0.284. The van der Waals surface area contributed by atoms with Gasteiger partial charge >= 0.3 is 5.97 Å². The zero-order valence-electron chi connectivity index (χ0n) is 22.3. The summed E-state index contributed by atoms with van der Waals surface area (Å²) in [6.45, 7) is 5.31. The number of ether oxygens (including phenoxy) is 2. The first-order valence-electron chi connectivity index (χ1n) is 14.8. The van der Waals surface area contributed by atoms with Gasteiger partial charge in [0, 0.05) is 18.8 Å². The summed E-state index contributed by atoms with van der Waals surface area (Å²) < 4.78 is 11.6. The van der Waals surface area contributed by atoms with Crippen molar-refractivity contribution in [3.8, 4) is 0 Å². The Morgan fingerprint density at radius 2 is 1.47 bits per heavy atom. The highest BCUT2D eigenvalue weighted by atomic mass is 16.6. The van der Waals surface area contributed by atoms with E-state index in [9.17, 15) is 9.59 Å². The number of carbonyl (C=O) groups is 2. The number of nitrogens with one attached hydrogen (secondary N) is 1. The van der Waals surface area contributed by atoms with E-state index in [1.54, 1.807) is 0 Å². The molecule has 0 radical (unpaired) electrons. The maximum Gasteiger partial charge on any atom is 0.328 e. The molecular weight excluding hydrogens is 426 g/mol. The number of unbranched alkanes of at least 4 members (excludes halogenated alkanes) is 14. The highest BCUT2D eigenvalue weighted by Crippen LogP contribution is 2.29. The molecule has 5 heteroatoms. The van der Waals surface area contributed by atoms with Crippen molar-refractivity contribution in [3.05, 3.63) is 0 Å². The molecule has 0 aromatic carbocycles. The summed E-state index contributed by atoms with van der Waals surface area (Å²) in [6.07, 6.45) is 24.2. The molecule has 2 heterocycles. The molecule has 34 heavy (non-hydrogen) atoms. The molecule has 1 amide bonds. The average Bonchev–Trinajstić information content (AvgIpc) is 3.25. The molecule has 2 saturated heterocycles. The summed E-state index contributed by atoms with van der Waals surface area (Å²) in [6, 6.07) is -0.458. The monoisotopic (exact) mass is 479 g/mol. The van der Waals surface area contributed by atoms with Crippen LogP contribution in [0, 0.1) is 5.92 Å². The average molecular weight is 480 g/mol. The molecule has 1 unspecified atom stereocenters. The first-order chi connectivity index (χ1) is 16.6. The van der Waals surface area contributed by atoms with Gasteiger partial charge in [-0.3, -0.25) is 4.79 Å². The third-order valence-corrected chi connectivity index (χ3v) is 7.76. The van der Waals surface area contributed by atoms with Gasteiger partial charge in [-0.15, -0.1) is 0 Å². The molecule has 0 spiro atoms. The lowest BCUT2D eigenvalue weighted by Crippen LogP contribution is -2.43. The van der Waals surface area contributed by atoms with Crippen molar-refractivity contribution >= 4 is 11.9 Å². The van der Waals surface area contributed by atoms with Crippen molar-refractivity contribution in [2.45, 2.75) is 161 Å². The first kappa shape index (κ1) is 29.1. The van der Waals surface area contributed by atoms with Crippen LogP contribution in [0.4, 0.5) is 0 Å². The van der Waals surface area contributed by atoms with Gasteiger partial charge in [0.05, 0.1) is 12.7 Å². The van der Waals surface area contributed by atoms with Gasteiger partial charge in [-0.2, -0.15) is 0 Å². The molecule has 2 aliphatic heterocycles. The standard InChI is InChI=1S/C29H53NO4/c1-3-5-6-7-8-9-10-11-12-13-14-15-16-17-18-19-25(22-27-24(4-2)23-33-27)34-29(32)26-20-21-28(31)30-26/h24-27H,3-23H2,1-2H3,(H,30,31)/t24-,25?,26-,27-/m0/s1. The maximum absolute atomic E-state index is 12.5. The molecular formula is C29H53NO4. The first-order valence-corrected chi connectivity index (χ1v) is 14.8. The minimum Gasteiger partial charge on any atom is -0.461 e. The molecule has 0 bridgehead atoms. The van der Waals surface area contributed by atoms with Crippen molar-refractivity contribution in [1.82, 2.24) is 5.32 Å². The van der Waals surface area contributed by atoms with Crippen molar-refractivity contribution in [1.29, 1.82) is 0 Å². The lowest BCUT2D eigenvalue weighted by molar-refractivity contribution is -0.163. The Morgan fingerprint density at radius 3 is 1.91 bits per heavy atom. The van der Waals surface area contributed by atoms with Gasteiger partial charge in [-0.1, -0.05) is 104 Å². The molecule has 0 aromatic rings. The summed E-state index contributed by atoms with van der Waals surface area (Å²) >= 11 is 0. The van der Waals surface area contributed by atoms with E-state index in [4.69, 9.17) is 9.47 Å². The van der Waals surface area contributed by atoms with Gasteiger partial charge in [-0.05, 0) is 25.7 Å². The fourth-order valence-electron chi connectivity index (χ4n) is 5.27. The van der Waals surface area contributed by atoms with Crippen LogP contribution in [0.15, 0.2) is 0 Å². The molecule has 5 nitrogen and oxygen atoms in total. The molecule has 0 aliphatic carbocycles. The van der Waals surface area contributed by atoms with Crippen molar-refractivity contribution in [3.63, 3.8) is 0 Å². The lowest BCUT2D eigenvalue weighted by Gasteiger charge is -2.38. The third-order valence-electron chi connectivity index (χ3n) is 7.76. The van der Waals surface area contributed by atoms with Crippen LogP contribution in [-0.2, 0) is 19.1 Å². The van der Waals surface area contributed by atoms with E-state index in [0.717, 1.165) is 32.3 Å². The Morgan fingerprint density at radius 1 is 0.912 bits per heavy atom. The fourth-order valence-corrected chi connectivity index (χ4v) is 5.27. The van der Waals surface area contributed by atoms with E-state index in [0.29, 0.717) is 18.8 Å². The highest BCUT2D eigenvalue weighted by Gasteiger charge is 2.35. The summed E-state index contributed by atoms with van der Waals surface area (Å²) in [5.41, 5.74) is 0. The fraction of sp³-hybridized carbons (Fsp3) is 0.931. The Balaban J connectivity index is 1.50. The molecule has 2 rings (SSSR count). The second-order valence-electron chi connectivity index (χ2n) is 10.7. The second kappa shape index (κ2) is 18.2. The SMILES string of the molecule is CCCCCCCCCCCCCCCCCC(C[C@@H]1OC[C@@H]1CC)OC(=O)[C@@H]1CCC(=O)N1. The van der Waals surface area contributed by atoms with E-state index >= 15 is 0 Å². The van der Waals surface area contributed by atoms with Crippen LogP contribution in [0.2, 0.25) is 0 Å². The van der Waals surface area contributed by atoms with Crippen molar-refractivity contribution in [2.75, 3.05) is 6.61 Å². The van der Waals surface area contributed by atoms with Gasteiger partial charge < -0.3 is 14.8 Å². The number of rotatable bonds is 21. The maximum atomic E-state index is 12.5. The van der Waals surface area contributed by atoms with Gasteiger partial charge in [0.15, 0.2) is 0 Å². The normalized spacial score (nSPS) is 22.9. The predicted octanol–water partition coefficient (Wildman–Crippen LogP) is 7.25. The van der Waals surface area contributed by atoms with Gasteiger partial charge in [0.2, 0.25) is 5.91 Å². The minimum atomic E-state index is -0.458. The largest absolute Gasteiger partial charge is 0.461 e. The minimum absolute atomic E-state index is 0.0470. The second-order valence-corrected chi connectivity index (χ2v) is 10.7. The van der Waals surface area contributed by atoms with E-state index in [1.165, 1.54) is 89.9 Å². The molecule has 4 atom stereocenters. The Hall–Kier alpha value is -1.10. The molecule has 0 saturated carbocycles. The summed E-state index contributed by atoms with van der Waals surface area (Å²) in [4.78, 5) is 24.0. The Kier molecular flexibility index (Phi) is 15.6. The quantitative estimate of drug-likeness (QED) is 0.139. The number of amides is 1. The summed E-state index contributed by atoms with van der Waals surface area (Å²) in [7, 11) is 0. The van der Waals surface area contributed by atoms with Crippen LogP contribution in [0.1, 0.15) is 142 Å². The van der Waals surface area contributed by atoms with Crippen LogP contribution < -0.4 is 5.32 Å². The van der Waals surface area contributed by atoms with Crippen LogP contribution in [0.3, 0.4) is 0 Å². The lowest BCUT2D eigenvalue weighted by atomic mass is 9.89. The van der Waals surface area contributed by atoms with Crippen LogP contribution in [0.5, 0.6) is 0 Å². The van der Waals surface area contributed by atoms with Gasteiger partial charge in [0.25, 0.3) is 0 Å². The Labute approximate surface area is 209 Å². The van der Waals surface area contributed by atoms with E-state index in [-0.39, 0.29) is 24.1 Å². The predicted molar refractivity (Wildman–Crippen MR) is 139 cm³/mol. The van der Waals surface area contributed by atoms with Crippen LogP contribution >= 0.6 is 0 Å². The van der Waals surface area contributed by atoms with Gasteiger partial charge in [-0.25, -0.2) is 4.79 Å². The summed E-state index contributed by atoms with van der Waals surface area (Å²) in [5, 5.41) is 2.74. The topological polar surface area (TPSA) is 64.6 Å². The smallest absolute Gasteiger partial charge is 0.328 e. The number of esters is 1. The zero-order valence-corrected chi connectivity index (χ0v) is 22.3. The van der Waals surface area contributed by atoms with Crippen LogP contribution in [0.25, 0.3) is 0 Å². The number of carbonyl (C=O) groups excluding carboxylic acids is 2. The Bertz CT molecular complexity index is 550. The van der Waals surface area contributed by atoms with E-state index in [2.05, 4.69) is 19.2 Å². The molecule has 2 aliphatic rings. The molecule has 2 fully saturated rings. The van der Waals surface area contributed by atoms with Gasteiger partial charge in [0.1, 0.15) is 12.1 Å². The van der Waals surface area contributed by atoms with Crippen LogP contribution in [-0.4, -0.2) is 36.7 Å². The van der Waals surface area contributed by atoms with Crippen molar-refractivity contribution in [2.24, 2.45) is 5.92 Å². The van der Waals surface area contributed by atoms with E-state index < -0.39 is 6.04 Å². The molecule has 1 N–H and O–H groups in total. The number of hydrogen-bond donors (Lipinski definition) is 1. The highest BCUT2D eigenvalue weighted by molar-refractivity contribution is 5.88. The third kappa shape index (κ3) is 12.0.